The molecule has 12 heavy (non-hydrogen) atoms. The Morgan fingerprint density at radius 2 is 2.25 bits per heavy atom. The summed E-state index contributed by atoms with van der Waals surface area (Å²) in [5.74, 6) is 1.00. The summed E-state index contributed by atoms with van der Waals surface area (Å²) in [7, 11) is 0. The molecule has 0 aromatic carbocycles. The predicted molar refractivity (Wildman–Crippen MR) is 47.9 cm³/mol. The SMILES string of the molecule is CC(C)Nc1n[nH]c2c1CNC2. The van der Waals surface area contributed by atoms with Crippen LogP contribution in [-0.2, 0) is 13.1 Å². The molecule has 0 saturated carbocycles. The molecular weight excluding hydrogens is 152 g/mol. The number of fused-ring (bicyclic) bond motifs is 1. The lowest BCUT2D eigenvalue weighted by atomic mass is 10.2. The van der Waals surface area contributed by atoms with Crippen LogP contribution in [0.25, 0.3) is 0 Å². The zero-order valence-corrected chi connectivity index (χ0v) is 7.44. The van der Waals surface area contributed by atoms with Gasteiger partial charge in [-0.05, 0) is 13.8 Å². The second-order valence-corrected chi connectivity index (χ2v) is 3.43. The Balaban J connectivity index is 2.22. The van der Waals surface area contributed by atoms with Crippen LogP contribution in [0.5, 0.6) is 0 Å². The normalized spacial score (nSPS) is 15.2. The van der Waals surface area contributed by atoms with Gasteiger partial charge < -0.3 is 10.6 Å². The second-order valence-electron chi connectivity index (χ2n) is 3.43. The predicted octanol–water partition coefficient (Wildman–Crippen LogP) is 0.833. The van der Waals surface area contributed by atoms with Crippen molar-refractivity contribution in [3.8, 4) is 0 Å². The van der Waals surface area contributed by atoms with Gasteiger partial charge in [-0.15, -0.1) is 0 Å². The largest absolute Gasteiger partial charge is 0.366 e. The highest BCUT2D eigenvalue weighted by Crippen LogP contribution is 2.21. The monoisotopic (exact) mass is 166 g/mol. The quantitative estimate of drug-likeness (QED) is 0.610. The second kappa shape index (κ2) is 2.79. The van der Waals surface area contributed by atoms with Gasteiger partial charge in [-0.3, -0.25) is 5.10 Å². The number of nitrogens with zero attached hydrogens (tertiary/aromatic N) is 1. The number of aromatic amines is 1. The molecule has 4 heteroatoms. The number of hydrogen-bond acceptors (Lipinski definition) is 3. The Morgan fingerprint density at radius 3 is 3.00 bits per heavy atom. The third kappa shape index (κ3) is 1.18. The zero-order chi connectivity index (χ0) is 8.55. The summed E-state index contributed by atoms with van der Waals surface area (Å²) in [6.45, 7) is 6.08. The summed E-state index contributed by atoms with van der Waals surface area (Å²) in [6.07, 6.45) is 0. The van der Waals surface area contributed by atoms with Crippen LogP contribution in [-0.4, -0.2) is 16.2 Å². The van der Waals surface area contributed by atoms with Gasteiger partial charge in [0.05, 0.1) is 5.69 Å². The number of aromatic nitrogens is 2. The average molecular weight is 166 g/mol. The number of hydrogen-bond donors (Lipinski definition) is 3. The number of H-pyrrole nitrogens is 1. The van der Waals surface area contributed by atoms with E-state index < -0.39 is 0 Å². The van der Waals surface area contributed by atoms with Gasteiger partial charge in [-0.2, -0.15) is 5.10 Å². The van der Waals surface area contributed by atoms with Crippen molar-refractivity contribution in [2.75, 3.05) is 5.32 Å². The minimum atomic E-state index is 0.443. The molecule has 0 aliphatic carbocycles. The highest BCUT2D eigenvalue weighted by molar-refractivity contribution is 5.48. The van der Waals surface area contributed by atoms with E-state index in [-0.39, 0.29) is 0 Å². The maximum Gasteiger partial charge on any atom is 0.152 e. The fraction of sp³-hybridized carbons (Fsp3) is 0.625. The fourth-order valence-corrected chi connectivity index (χ4v) is 1.44. The molecule has 0 atom stereocenters. The van der Waals surface area contributed by atoms with Gasteiger partial charge >= 0.3 is 0 Å². The van der Waals surface area contributed by atoms with Gasteiger partial charge in [0.1, 0.15) is 0 Å². The molecule has 2 rings (SSSR count). The Hall–Kier alpha value is -1.03. The van der Waals surface area contributed by atoms with Crippen LogP contribution in [0.1, 0.15) is 25.1 Å². The first-order valence-electron chi connectivity index (χ1n) is 4.30. The van der Waals surface area contributed by atoms with E-state index in [0.29, 0.717) is 6.04 Å². The van der Waals surface area contributed by atoms with Crippen LogP contribution in [0, 0.1) is 0 Å². The van der Waals surface area contributed by atoms with Crippen molar-refractivity contribution in [1.82, 2.24) is 15.5 Å². The highest BCUT2D eigenvalue weighted by atomic mass is 15.2. The minimum Gasteiger partial charge on any atom is -0.366 e. The van der Waals surface area contributed by atoms with Crippen molar-refractivity contribution in [3.63, 3.8) is 0 Å². The van der Waals surface area contributed by atoms with Crippen LogP contribution in [0.15, 0.2) is 0 Å². The van der Waals surface area contributed by atoms with Gasteiger partial charge in [0.2, 0.25) is 0 Å². The van der Waals surface area contributed by atoms with Gasteiger partial charge in [-0.25, -0.2) is 0 Å². The molecule has 0 amide bonds. The van der Waals surface area contributed by atoms with Crippen molar-refractivity contribution in [1.29, 1.82) is 0 Å². The van der Waals surface area contributed by atoms with Crippen molar-refractivity contribution >= 4 is 5.82 Å². The Labute approximate surface area is 71.7 Å². The summed E-state index contributed by atoms with van der Waals surface area (Å²) in [5.41, 5.74) is 2.52. The Bertz CT molecular complexity index is 277. The smallest absolute Gasteiger partial charge is 0.152 e. The third-order valence-corrected chi connectivity index (χ3v) is 1.98. The van der Waals surface area contributed by atoms with E-state index in [4.69, 9.17) is 0 Å². The van der Waals surface area contributed by atoms with Crippen molar-refractivity contribution < 1.29 is 0 Å². The van der Waals surface area contributed by atoms with Crippen molar-refractivity contribution in [2.24, 2.45) is 0 Å². The Morgan fingerprint density at radius 1 is 1.42 bits per heavy atom. The van der Waals surface area contributed by atoms with E-state index in [1.807, 2.05) is 0 Å². The molecule has 4 nitrogen and oxygen atoms in total. The molecule has 3 N–H and O–H groups in total. The van der Waals surface area contributed by atoms with Crippen LogP contribution in [0.3, 0.4) is 0 Å². The van der Waals surface area contributed by atoms with E-state index in [9.17, 15) is 0 Å². The third-order valence-electron chi connectivity index (χ3n) is 1.98. The molecule has 2 heterocycles. The summed E-state index contributed by atoms with van der Waals surface area (Å²) >= 11 is 0. The van der Waals surface area contributed by atoms with Crippen molar-refractivity contribution in [3.05, 3.63) is 11.3 Å². The summed E-state index contributed by atoms with van der Waals surface area (Å²) in [5, 5.41) is 13.8. The number of rotatable bonds is 2. The molecule has 0 unspecified atom stereocenters. The maximum atomic E-state index is 4.20. The lowest BCUT2D eigenvalue weighted by Gasteiger charge is -2.07. The molecule has 0 fully saturated rings. The van der Waals surface area contributed by atoms with Crippen LogP contribution < -0.4 is 10.6 Å². The summed E-state index contributed by atoms with van der Waals surface area (Å²) < 4.78 is 0. The lowest BCUT2D eigenvalue weighted by molar-refractivity contribution is 0.740. The van der Waals surface area contributed by atoms with Gasteiger partial charge in [0, 0.05) is 24.7 Å². The number of anilines is 1. The average Bonchev–Trinajstić information content (AvgIpc) is 2.52. The first-order valence-corrected chi connectivity index (χ1v) is 4.30. The molecule has 66 valence electrons. The van der Waals surface area contributed by atoms with Gasteiger partial charge in [0.15, 0.2) is 5.82 Å². The van der Waals surface area contributed by atoms with Gasteiger partial charge in [-0.1, -0.05) is 0 Å². The van der Waals surface area contributed by atoms with E-state index in [0.717, 1.165) is 18.9 Å². The maximum absolute atomic E-state index is 4.20. The Kier molecular flexibility index (Phi) is 1.77. The molecule has 0 saturated heterocycles. The molecule has 0 bridgehead atoms. The summed E-state index contributed by atoms with van der Waals surface area (Å²) in [6, 6.07) is 0.443. The van der Waals surface area contributed by atoms with E-state index in [1.165, 1.54) is 11.3 Å². The molecule has 1 aliphatic heterocycles. The molecule has 1 aromatic rings. The van der Waals surface area contributed by atoms with Gasteiger partial charge in [0.25, 0.3) is 0 Å². The van der Waals surface area contributed by atoms with E-state index in [2.05, 4.69) is 34.7 Å². The molecule has 0 radical (unpaired) electrons. The minimum absolute atomic E-state index is 0.443. The molecule has 1 aromatic heterocycles. The van der Waals surface area contributed by atoms with E-state index >= 15 is 0 Å². The first-order chi connectivity index (χ1) is 5.77. The standard InChI is InChI=1S/C8H14N4/c1-5(2)10-8-6-3-9-4-7(6)11-12-8/h5,9H,3-4H2,1-2H3,(H2,10,11,12). The molecular formula is C8H14N4. The highest BCUT2D eigenvalue weighted by Gasteiger charge is 2.17. The topological polar surface area (TPSA) is 52.7 Å². The first kappa shape index (κ1) is 7.61. The molecule has 1 aliphatic rings. The summed E-state index contributed by atoms with van der Waals surface area (Å²) in [4.78, 5) is 0. The lowest BCUT2D eigenvalue weighted by Crippen LogP contribution is -2.12. The van der Waals surface area contributed by atoms with Crippen LogP contribution >= 0.6 is 0 Å². The molecule has 0 spiro atoms. The van der Waals surface area contributed by atoms with E-state index in [1.54, 1.807) is 0 Å². The van der Waals surface area contributed by atoms with Crippen LogP contribution in [0.2, 0.25) is 0 Å². The van der Waals surface area contributed by atoms with Crippen LogP contribution in [0.4, 0.5) is 5.82 Å². The van der Waals surface area contributed by atoms with Crippen molar-refractivity contribution in [2.45, 2.75) is 33.0 Å². The number of nitrogens with one attached hydrogen (secondary N) is 3. The zero-order valence-electron chi connectivity index (χ0n) is 7.44. The fourth-order valence-electron chi connectivity index (χ4n) is 1.44.